The first-order chi connectivity index (χ1) is 8.61. The van der Waals surface area contributed by atoms with Crippen LogP contribution in [-0.2, 0) is 4.74 Å². The van der Waals surface area contributed by atoms with E-state index in [4.69, 9.17) is 20.9 Å². The van der Waals surface area contributed by atoms with Gasteiger partial charge in [-0.15, -0.1) is 0 Å². The predicted octanol–water partition coefficient (Wildman–Crippen LogP) is 2.71. The highest BCUT2D eigenvalue weighted by atomic mass is 35.5. The van der Waals surface area contributed by atoms with Crippen LogP contribution in [-0.4, -0.2) is 22.7 Å². The summed E-state index contributed by atoms with van der Waals surface area (Å²) in [6.45, 7) is 1.86. The van der Waals surface area contributed by atoms with Gasteiger partial charge in [0, 0.05) is 5.56 Å². The number of carbonyl (C=O) groups excluding carboxylic acids is 1. The number of ether oxygens (including phenoxy) is 1. The van der Waals surface area contributed by atoms with Gasteiger partial charge in [0.15, 0.2) is 0 Å². The summed E-state index contributed by atoms with van der Waals surface area (Å²) in [5.41, 5.74) is 0.373. The van der Waals surface area contributed by atoms with Crippen molar-refractivity contribution in [2.75, 3.05) is 6.61 Å². The maximum atomic E-state index is 12.9. The molecule has 2 aromatic rings. The SMILES string of the molecule is CCOC(=O)c1nc(-c2ccc(F)cc2Cl)no1. The second-order valence-corrected chi connectivity index (χ2v) is 3.67. The lowest BCUT2D eigenvalue weighted by Crippen LogP contribution is -2.04. The largest absolute Gasteiger partial charge is 0.459 e. The van der Waals surface area contributed by atoms with Gasteiger partial charge < -0.3 is 9.26 Å². The molecule has 0 aliphatic rings. The molecule has 7 heteroatoms. The molecule has 2 rings (SSSR count). The normalized spacial score (nSPS) is 10.4. The Kier molecular flexibility index (Phi) is 3.57. The summed E-state index contributed by atoms with van der Waals surface area (Å²) in [7, 11) is 0. The van der Waals surface area contributed by atoms with Gasteiger partial charge in [-0.05, 0) is 25.1 Å². The van der Waals surface area contributed by atoms with Crippen molar-refractivity contribution in [3.8, 4) is 11.4 Å². The lowest BCUT2D eigenvalue weighted by molar-refractivity contribution is 0.0470. The minimum atomic E-state index is -0.713. The van der Waals surface area contributed by atoms with Crippen LogP contribution in [0.3, 0.4) is 0 Å². The number of hydrogen-bond donors (Lipinski definition) is 0. The van der Waals surface area contributed by atoms with E-state index in [0.717, 1.165) is 6.07 Å². The Bertz CT molecular complexity index is 585. The lowest BCUT2D eigenvalue weighted by atomic mass is 10.2. The third-order valence-corrected chi connectivity index (χ3v) is 2.36. The number of nitrogens with zero attached hydrogens (tertiary/aromatic N) is 2. The molecule has 0 bridgehead atoms. The molecule has 0 fully saturated rings. The number of aromatic nitrogens is 2. The average molecular weight is 271 g/mol. The van der Waals surface area contributed by atoms with Crippen LogP contribution in [0.4, 0.5) is 4.39 Å². The monoisotopic (exact) mass is 270 g/mol. The summed E-state index contributed by atoms with van der Waals surface area (Å²) in [5, 5.41) is 3.72. The smallest absolute Gasteiger partial charge is 0.397 e. The standard InChI is InChI=1S/C11H8ClFN2O3/c1-2-17-11(16)10-14-9(15-18-10)7-4-3-6(13)5-8(7)12/h3-5H,2H2,1H3. The molecule has 0 saturated carbocycles. The molecule has 0 aliphatic heterocycles. The number of carbonyl (C=O) groups is 1. The molecule has 5 nitrogen and oxygen atoms in total. The molecule has 94 valence electrons. The summed E-state index contributed by atoms with van der Waals surface area (Å²) < 4.78 is 22.3. The highest BCUT2D eigenvalue weighted by Gasteiger charge is 2.18. The summed E-state index contributed by atoms with van der Waals surface area (Å²) in [5.74, 6) is -1.36. The van der Waals surface area contributed by atoms with Crippen LogP contribution in [0.2, 0.25) is 5.02 Å². The van der Waals surface area contributed by atoms with Gasteiger partial charge in [0.2, 0.25) is 5.82 Å². The van der Waals surface area contributed by atoms with E-state index in [2.05, 4.69) is 10.1 Å². The maximum absolute atomic E-state index is 12.9. The van der Waals surface area contributed by atoms with Crippen LogP contribution in [0.15, 0.2) is 22.7 Å². The minimum Gasteiger partial charge on any atom is -0.459 e. The van der Waals surface area contributed by atoms with Crippen molar-refractivity contribution in [2.45, 2.75) is 6.92 Å². The Labute approximate surface area is 107 Å². The van der Waals surface area contributed by atoms with Crippen molar-refractivity contribution in [1.29, 1.82) is 0 Å². The number of rotatable bonds is 3. The first-order valence-corrected chi connectivity index (χ1v) is 5.46. The molecular weight excluding hydrogens is 263 g/mol. The fraction of sp³-hybridized carbons (Fsp3) is 0.182. The molecule has 0 aliphatic carbocycles. The van der Waals surface area contributed by atoms with Gasteiger partial charge in [-0.1, -0.05) is 16.8 Å². The van der Waals surface area contributed by atoms with Gasteiger partial charge in [-0.25, -0.2) is 9.18 Å². The Balaban J connectivity index is 2.32. The molecule has 0 saturated heterocycles. The Morgan fingerprint density at radius 1 is 1.56 bits per heavy atom. The van der Waals surface area contributed by atoms with E-state index >= 15 is 0 Å². The van der Waals surface area contributed by atoms with Gasteiger partial charge in [-0.2, -0.15) is 4.98 Å². The molecule has 1 heterocycles. The fourth-order valence-electron chi connectivity index (χ4n) is 1.28. The number of benzene rings is 1. The van der Waals surface area contributed by atoms with Gasteiger partial charge in [0.1, 0.15) is 5.82 Å². The van der Waals surface area contributed by atoms with E-state index < -0.39 is 11.8 Å². The van der Waals surface area contributed by atoms with Crippen LogP contribution in [0.5, 0.6) is 0 Å². The van der Waals surface area contributed by atoms with Gasteiger partial charge in [0.25, 0.3) is 0 Å². The van der Waals surface area contributed by atoms with E-state index in [1.54, 1.807) is 6.92 Å². The van der Waals surface area contributed by atoms with Crippen molar-refractivity contribution < 1.29 is 18.4 Å². The van der Waals surface area contributed by atoms with E-state index in [1.165, 1.54) is 12.1 Å². The average Bonchev–Trinajstić information content (AvgIpc) is 2.78. The first kappa shape index (κ1) is 12.5. The molecule has 0 unspecified atom stereocenters. The molecule has 0 N–H and O–H groups in total. The summed E-state index contributed by atoms with van der Waals surface area (Å²) in [4.78, 5) is 15.1. The van der Waals surface area contributed by atoms with Crippen molar-refractivity contribution in [3.05, 3.63) is 34.9 Å². The van der Waals surface area contributed by atoms with Crippen LogP contribution < -0.4 is 0 Å². The lowest BCUT2D eigenvalue weighted by Gasteiger charge is -1.97. The molecule has 18 heavy (non-hydrogen) atoms. The molecule has 0 amide bonds. The second kappa shape index (κ2) is 5.14. The maximum Gasteiger partial charge on any atom is 0.397 e. The molecular formula is C11H8ClFN2O3. The third-order valence-electron chi connectivity index (χ3n) is 2.05. The molecule has 1 aromatic heterocycles. The van der Waals surface area contributed by atoms with Gasteiger partial charge >= 0.3 is 11.9 Å². The number of esters is 1. The van der Waals surface area contributed by atoms with Crippen LogP contribution in [0, 0.1) is 5.82 Å². The van der Waals surface area contributed by atoms with Gasteiger partial charge in [0.05, 0.1) is 11.6 Å². The fourth-order valence-corrected chi connectivity index (χ4v) is 1.53. The number of hydrogen-bond acceptors (Lipinski definition) is 5. The highest BCUT2D eigenvalue weighted by Crippen LogP contribution is 2.26. The Morgan fingerprint density at radius 3 is 3.00 bits per heavy atom. The zero-order chi connectivity index (χ0) is 13.1. The first-order valence-electron chi connectivity index (χ1n) is 5.08. The van der Waals surface area contributed by atoms with E-state index in [1.807, 2.05) is 0 Å². The summed E-state index contributed by atoms with van der Waals surface area (Å²) in [6, 6.07) is 3.73. The number of halogens is 2. The molecule has 0 atom stereocenters. The summed E-state index contributed by atoms with van der Waals surface area (Å²) in [6.07, 6.45) is 0. The second-order valence-electron chi connectivity index (χ2n) is 3.27. The third kappa shape index (κ3) is 2.48. The van der Waals surface area contributed by atoms with Crippen LogP contribution >= 0.6 is 11.6 Å². The van der Waals surface area contributed by atoms with Gasteiger partial charge in [-0.3, -0.25) is 0 Å². The zero-order valence-electron chi connectivity index (χ0n) is 9.31. The Hall–Kier alpha value is -1.95. The summed E-state index contributed by atoms with van der Waals surface area (Å²) >= 11 is 5.84. The minimum absolute atomic E-state index is 0.100. The molecule has 0 radical (unpaired) electrons. The van der Waals surface area contributed by atoms with Crippen molar-refractivity contribution in [2.24, 2.45) is 0 Å². The van der Waals surface area contributed by atoms with Crippen molar-refractivity contribution in [1.82, 2.24) is 10.1 Å². The van der Waals surface area contributed by atoms with Crippen molar-refractivity contribution in [3.63, 3.8) is 0 Å². The molecule has 1 aromatic carbocycles. The van der Waals surface area contributed by atoms with E-state index in [9.17, 15) is 9.18 Å². The zero-order valence-corrected chi connectivity index (χ0v) is 10.1. The van der Waals surface area contributed by atoms with Crippen LogP contribution in [0.1, 0.15) is 17.6 Å². The van der Waals surface area contributed by atoms with E-state index in [-0.39, 0.29) is 23.3 Å². The Morgan fingerprint density at radius 2 is 2.33 bits per heavy atom. The van der Waals surface area contributed by atoms with Crippen molar-refractivity contribution >= 4 is 17.6 Å². The quantitative estimate of drug-likeness (QED) is 0.802. The highest BCUT2D eigenvalue weighted by molar-refractivity contribution is 6.33. The predicted molar refractivity (Wildman–Crippen MR) is 60.7 cm³/mol. The van der Waals surface area contributed by atoms with E-state index in [0.29, 0.717) is 5.56 Å². The molecule has 0 spiro atoms. The topological polar surface area (TPSA) is 65.2 Å². The van der Waals surface area contributed by atoms with Crippen LogP contribution in [0.25, 0.3) is 11.4 Å².